The molecule has 2 heterocycles. The summed E-state index contributed by atoms with van der Waals surface area (Å²) in [5.41, 5.74) is 1.04. The summed E-state index contributed by atoms with van der Waals surface area (Å²) in [6.07, 6.45) is 2.12. The minimum Gasteiger partial charge on any atom is -0.489 e. The average molecular weight is 496 g/mol. The number of carbonyl (C=O) groups is 2. The molecule has 3 N–H and O–H groups in total. The predicted octanol–water partition coefficient (Wildman–Crippen LogP) is 2.90. The molecule has 9 nitrogen and oxygen atoms in total. The highest BCUT2D eigenvalue weighted by molar-refractivity contribution is 6.32. The zero-order valence-corrected chi connectivity index (χ0v) is 20.3. The monoisotopic (exact) mass is 495 g/mol. The van der Waals surface area contributed by atoms with Gasteiger partial charge >= 0.3 is 0 Å². The van der Waals surface area contributed by atoms with E-state index in [0.29, 0.717) is 29.2 Å². The van der Waals surface area contributed by atoms with Gasteiger partial charge in [0.1, 0.15) is 24.2 Å². The van der Waals surface area contributed by atoms with Gasteiger partial charge in [0.15, 0.2) is 0 Å². The van der Waals surface area contributed by atoms with Crippen molar-refractivity contribution in [2.24, 2.45) is 0 Å². The maximum absolute atomic E-state index is 13.1. The number of fused-ring (bicyclic) bond motifs is 1. The van der Waals surface area contributed by atoms with Gasteiger partial charge in [-0.05, 0) is 43.2 Å². The molecule has 35 heavy (non-hydrogen) atoms. The molecular formula is C25H26ClN5O4. The van der Waals surface area contributed by atoms with Gasteiger partial charge in [0.05, 0.1) is 11.3 Å². The summed E-state index contributed by atoms with van der Waals surface area (Å²) in [7, 11) is 1.60. The third-order valence-electron chi connectivity index (χ3n) is 5.51. The van der Waals surface area contributed by atoms with Crippen molar-refractivity contribution >= 4 is 35.2 Å². The van der Waals surface area contributed by atoms with Crippen molar-refractivity contribution < 1.29 is 19.4 Å². The Kier molecular flexibility index (Phi) is 6.90. The number of ether oxygens (including phenoxy) is 1. The first-order valence-corrected chi connectivity index (χ1v) is 11.4. The Hall–Kier alpha value is -3.69. The highest BCUT2D eigenvalue weighted by Gasteiger charge is 2.32. The van der Waals surface area contributed by atoms with Crippen LogP contribution in [0, 0.1) is 0 Å². The number of halogens is 1. The molecule has 0 fully saturated rings. The summed E-state index contributed by atoms with van der Waals surface area (Å²) in [5, 5.41) is 19.8. The molecule has 2 amide bonds. The highest BCUT2D eigenvalue weighted by Crippen LogP contribution is 2.33. The van der Waals surface area contributed by atoms with Crippen molar-refractivity contribution in [2.75, 3.05) is 18.6 Å². The number of rotatable bonds is 6. The largest absolute Gasteiger partial charge is 0.489 e. The van der Waals surface area contributed by atoms with E-state index in [9.17, 15) is 14.7 Å². The van der Waals surface area contributed by atoms with Gasteiger partial charge < -0.3 is 20.1 Å². The van der Waals surface area contributed by atoms with E-state index in [2.05, 4.69) is 20.5 Å². The molecular weight excluding hydrogens is 470 g/mol. The van der Waals surface area contributed by atoms with Crippen LogP contribution in [0.25, 0.3) is 6.08 Å². The number of anilines is 1. The van der Waals surface area contributed by atoms with Gasteiger partial charge in [-0.3, -0.25) is 14.7 Å². The molecule has 0 radical (unpaired) electrons. The average Bonchev–Trinajstić information content (AvgIpc) is 3.25. The molecule has 3 aromatic rings. The van der Waals surface area contributed by atoms with E-state index in [-0.39, 0.29) is 23.4 Å². The van der Waals surface area contributed by atoms with Crippen molar-refractivity contribution in [1.82, 2.24) is 20.5 Å². The second-order valence-corrected chi connectivity index (χ2v) is 9.19. The SMILES string of the molecule is CN1C(=O)C(NC(=O)c2n[nH]c(Cc3ccccc3)n2)COc2ccc(C=C(Cl)C(C)(C)O)cc21. The van der Waals surface area contributed by atoms with Crippen LogP contribution in [0.3, 0.4) is 0 Å². The van der Waals surface area contributed by atoms with Crippen molar-refractivity contribution in [3.63, 3.8) is 0 Å². The van der Waals surface area contributed by atoms with Gasteiger partial charge in [-0.25, -0.2) is 4.98 Å². The minimum absolute atomic E-state index is 0.0528. The van der Waals surface area contributed by atoms with Gasteiger partial charge in [0, 0.05) is 18.5 Å². The first-order valence-electron chi connectivity index (χ1n) is 11.0. The fourth-order valence-corrected chi connectivity index (χ4v) is 3.65. The first kappa shape index (κ1) is 24.4. The van der Waals surface area contributed by atoms with E-state index in [1.807, 2.05) is 30.3 Å². The topological polar surface area (TPSA) is 120 Å². The van der Waals surface area contributed by atoms with Gasteiger partial charge in [-0.15, -0.1) is 5.10 Å². The second kappa shape index (κ2) is 9.89. The number of H-pyrrole nitrogens is 1. The molecule has 1 aromatic heterocycles. The zero-order chi connectivity index (χ0) is 25.2. The smallest absolute Gasteiger partial charge is 0.291 e. The van der Waals surface area contributed by atoms with E-state index in [4.69, 9.17) is 16.3 Å². The maximum Gasteiger partial charge on any atom is 0.291 e. The summed E-state index contributed by atoms with van der Waals surface area (Å²) < 4.78 is 5.82. The fourth-order valence-electron chi connectivity index (χ4n) is 3.52. The molecule has 0 saturated heterocycles. The number of aliphatic hydroxyl groups is 1. The van der Waals surface area contributed by atoms with Crippen molar-refractivity contribution in [2.45, 2.75) is 31.9 Å². The number of likely N-dealkylation sites (N-methyl/N-ethyl adjacent to an activating group) is 1. The lowest BCUT2D eigenvalue weighted by Crippen LogP contribution is -2.49. The summed E-state index contributed by atoms with van der Waals surface area (Å²) >= 11 is 6.20. The maximum atomic E-state index is 13.1. The zero-order valence-electron chi connectivity index (χ0n) is 19.6. The van der Waals surface area contributed by atoms with E-state index < -0.39 is 17.6 Å². The van der Waals surface area contributed by atoms with Crippen LogP contribution >= 0.6 is 11.6 Å². The molecule has 1 unspecified atom stereocenters. The van der Waals surface area contributed by atoms with Gasteiger partial charge in [0.2, 0.25) is 5.82 Å². The lowest BCUT2D eigenvalue weighted by Gasteiger charge is -2.20. The van der Waals surface area contributed by atoms with Crippen molar-refractivity contribution in [3.05, 3.63) is 76.3 Å². The second-order valence-electron chi connectivity index (χ2n) is 8.78. The molecule has 0 bridgehead atoms. The highest BCUT2D eigenvalue weighted by atomic mass is 35.5. The van der Waals surface area contributed by atoms with Gasteiger partial charge in [-0.2, -0.15) is 0 Å². The Morgan fingerprint density at radius 1 is 1.31 bits per heavy atom. The molecule has 10 heteroatoms. The first-order chi connectivity index (χ1) is 16.6. The van der Waals surface area contributed by atoms with Crippen LogP contribution in [0.4, 0.5) is 5.69 Å². The number of aromatic nitrogens is 3. The number of carbonyl (C=O) groups excluding carboxylic acids is 2. The van der Waals surface area contributed by atoms with Crippen molar-refractivity contribution in [1.29, 1.82) is 0 Å². The Morgan fingerprint density at radius 3 is 2.77 bits per heavy atom. The molecule has 0 aliphatic carbocycles. The Morgan fingerprint density at radius 2 is 2.06 bits per heavy atom. The lowest BCUT2D eigenvalue weighted by molar-refractivity contribution is -0.120. The molecule has 1 atom stereocenters. The predicted molar refractivity (Wildman–Crippen MR) is 132 cm³/mol. The van der Waals surface area contributed by atoms with Gasteiger partial charge in [-0.1, -0.05) is 48.0 Å². The summed E-state index contributed by atoms with van der Waals surface area (Å²) in [4.78, 5) is 31.5. The van der Waals surface area contributed by atoms with Crippen LogP contribution in [0.15, 0.2) is 53.6 Å². The molecule has 0 saturated carbocycles. The summed E-state index contributed by atoms with van der Waals surface area (Å²) in [6, 6.07) is 14.0. The van der Waals surface area contributed by atoms with Crippen LogP contribution in [-0.4, -0.2) is 57.4 Å². The standard InChI is InChI=1S/C25H26ClN5O4/c1-25(2,34)20(26)12-16-9-10-19-18(11-16)31(3)24(33)17(14-35-19)27-23(32)22-28-21(29-30-22)13-15-7-5-4-6-8-15/h4-12,17,34H,13-14H2,1-3H3,(H,27,32)(H,28,29,30). The number of nitrogens with one attached hydrogen (secondary N) is 2. The van der Waals surface area contributed by atoms with Crippen LogP contribution < -0.4 is 15.0 Å². The number of benzene rings is 2. The lowest BCUT2D eigenvalue weighted by atomic mass is 10.1. The third kappa shape index (κ3) is 5.70. The van der Waals surface area contributed by atoms with Crippen LogP contribution in [0.1, 0.15) is 41.4 Å². The molecule has 1 aliphatic heterocycles. The van der Waals surface area contributed by atoms with Crippen LogP contribution in [0.2, 0.25) is 0 Å². The molecule has 2 aromatic carbocycles. The third-order valence-corrected chi connectivity index (χ3v) is 6.08. The number of amides is 2. The summed E-state index contributed by atoms with van der Waals surface area (Å²) in [5.74, 6) is 0.0351. The van der Waals surface area contributed by atoms with E-state index >= 15 is 0 Å². The molecule has 1 aliphatic rings. The Balaban J connectivity index is 1.47. The van der Waals surface area contributed by atoms with E-state index in [1.165, 1.54) is 4.90 Å². The Labute approximate surface area is 207 Å². The molecule has 182 valence electrons. The normalized spacial score (nSPS) is 16.4. The van der Waals surface area contributed by atoms with Crippen LogP contribution in [-0.2, 0) is 11.2 Å². The number of aromatic amines is 1. The fraction of sp³-hybridized carbons (Fsp3) is 0.280. The number of nitrogens with zero attached hydrogens (tertiary/aromatic N) is 3. The van der Waals surface area contributed by atoms with Crippen molar-refractivity contribution in [3.8, 4) is 5.75 Å². The van der Waals surface area contributed by atoms with E-state index in [1.54, 1.807) is 45.2 Å². The van der Waals surface area contributed by atoms with E-state index in [0.717, 1.165) is 5.56 Å². The number of hydrogen-bond acceptors (Lipinski definition) is 6. The Bertz CT molecular complexity index is 1270. The number of hydrogen-bond donors (Lipinski definition) is 3. The molecule has 0 spiro atoms. The van der Waals surface area contributed by atoms with Gasteiger partial charge in [0.25, 0.3) is 11.8 Å². The summed E-state index contributed by atoms with van der Waals surface area (Å²) in [6.45, 7) is 3.11. The minimum atomic E-state index is -1.19. The quantitative estimate of drug-likeness (QED) is 0.483. The molecule has 4 rings (SSSR count). The van der Waals surface area contributed by atoms with Crippen LogP contribution in [0.5, 0.6) is 5.75 Å².